The Hall–Kier alpha value is -1.04. The Morgan fingerprint density at radius 1 is 1.15 bits per heavy atom. The summed E-state index contributed by atoms with van der Waals surface area (Å²) in [4.78, 5) is 0. The fourth-order valence-electron chi connectivity index (χ4n) is 1.95. The summed E-state index contributed by atoms with van der Waals surface area (Å²) in [5.74, 6) is 0. The maximum atomic E-state index is 2.33. The summed E-state index contributed by atoms with van der Waals surface area (Å²) < 4.78 is 0. The summed E-state index contributed by atoms with van der Waals surface area (Å²) in [6.45, 7) is 4.67. The van der Waals surface area contributed by atoms with Crippen LogP contribution in [0.25, 0.3) is 6.08 Å². The first-order valence-electron chi connectivity index (χ1n) is 4.92. The van der Waals surface area contributed by atoms with Gasteiger partial charge in [-0.05, 0) is 29.4 Å². The van der Waals surface area contributed by atoms with E-state index >= 15 is 0 Å². The topological polar surface area (TPSA) is 0 Å². The number of fused-ring (bicyclic) bond motifs is 1. The van der Waals surface area contributed by atoms with Crippen LogP contribution in [-0.2, 0) is 6.42 Å². The fraction of sp³-hybridized carbons (Fsp3) is 0.385. The highest BCUT2D eigenvalue weighted by Gasteiger charge is 2.19. The third-order valence-corrected chi connectivity index (χ3v) is 2.69. The molecule has 0 aliphatic heterocycles. The van der Waals surface area contributed by atoms with E-state index in [0.717, 1.165) is 0 Å². The third-order valence-electron chi connectivity index (χ3n) is 2.69. The van der Waals surface area contributed by atoms with Crippen molar-refractivity contribution in [1.29, 1.82) is 0 Å². The second kappa shape index (κ2) is 3.02. The molecule has 1 aromatic rings. The lowest BCUT2D eigenvalue weighted by atomic mass is 9.83. The summed E-state index contributed by atoms with van der Waals surface area (Å²) in [6, 6.07) is 8.69. The van der Waals surface area contributed by atoms with E-state index in [0.29, 0.717) is 5.41 Å². The van der Waals surface area contributed by atoms with Crippen LogP contribution in [0.2, 0.25) is 0 Å². The van der Waals surface area contributed by atoms with E-state index in [1.54, 1.807) is 0 Å². The van der Waals surface area contributed by atoms with Crippen molar-refractivity contribution >= 4 is 6.08 Å². The Morgan fingerprint density at radius 3 is 2.77 bits per heavy atom. The molecule has 1 aliphatic rings. The number of rotatable bonds is 0. The first-order chi connectivity index (χ1) is 6.17. The summed E-state index contributed by atoms with van der Waals surface area (Å²) in [5, 5.41) is 0. The minimum absolute atomic E-state index is 0.420. The maximum Gasteiger partial charge on any atom is -0.0218 e. The molecule has 2 rings (SSSR count). The highest BCUT2D eigenvalue weighted by molar-refractivity contribution is 5.55. The molecule has 13 heavy (non-hydrogen) atoms. The standard InChI is InChI=1S/C13H16/c1-13(2)9-5-8-11-6-3-4-7-12(11)10-13/h3-8H,9-10H2,1-2H3. The normalized spacial score (nSPS) is 19.2. The van der Waals surface area contributed by atoms with E-state index in [1.165, 1.54) is 24.0 Å². The Bertz CT molecular complexity index is 332. The van der Waals surface area contributed by atoms with Crippen LogP contribution in [0, 0.1) is 5.41 Å². The molecule has 0 unspecified atom stereocenters. The quantitative estimate of drug-likeness (QED) is 0.560. The van der Waals surface area contributed by atoms with Gasteiger partial charge in [0.05, 0.1) is 0 Å². The van der Waals surface area contributed by atoms with Crippen LogP contribution >= 0.6 is 0 Å². The predicted octanol–water partition coefficient (Wildman–Crippen LogP) is 3.67. The van der Waals surface area contributed by atoms with Crippen molar-refractivity contribution in [3.8, 4) is 0 Å². The third kappa shape index (κ3) is 1.82. The van der Waals surface area contributed by atoms with E-state index in [-0.39, 0.29) is 0 Å². The van der Waals surface area contributed by atoms with Gasteiger partial charge in [0.2, 0.25) is 0 Å². The lowest BCUT2D eigenvalue weighted by molar-refractivity contribution is 0.371. The molecule has 0 saturated heterocycles. The van der Waals surface area contributed by atoms with Crippen LogP contribution in [-0.4, -0.2) is 0 Å². The summed E-state index contributed by atoms with van der Waals surface area (Å²) in [5.41, 5.74) is 3.30. The van der Waals surface area contributed by atoms with Crippen molar-refractivity contribution in [3.05, 3.63) is 41.5 Å². The van der Waals surface area contributed by atoms with Gasteiger partial charge in [-0.1, -0.05) is 50.3 Å². The van der Waals surface area contributed by atoms with Crippen LogP contribution in [0.3, 0.4) is 0 Å². The average Bonchev–Trinajstić information content (AvgIpc) is 2.21. The molecule has 0 heterocycles. The van der Waals surface area contributed by atoms with Crippen molar-refractivity contribution in [2.24, 2.45) is 5.41 Å². The maximum absolute atomic E-state index is 2.33. The fourth-order valence-corrected chi connectivity index (χ4v) is 1.95. The molecule has 0 heteroatoms. The van der Waals surface area contributed by atoms with Gasteiger partial charge in [0, 0.05) is 0 Å². The lowest BCUT2D eigenvalue weighted by Crippen LogP contribution is -2.12. The summed E-state index contributed by atoms with van der Waals surface area (Å²) >= 11 is 0. The molecule has 0 aromatic heterocycles. The van der Waals surface area contributed by atoms with Crippen LogP contribution < -0.4 is 0 Å². The molecule has 0 spiro atoms. The Kier molecular flexibility index (Phi) is 1.99. The molecule has 68 valence electrons. The monoisotopic (exact) mass is 172 g/mol. The molecule has 0 nitrogen and oxygen atoms in total. The molecular weight excluding hydrogens is 156 g/mol. The molecule has 0 fully saturated rings. The average molecular weight is 172 g/mol. The summed E-state index contributed by atoms with van der Waals surface area (Å²) in [6.07, 6.45) is 6.92. The second-order valence-corrected chi connectivity index (χ2v) is 4.65. The highest BCUT2D eigenvalue weighted by atomic mass is 14.2. The second-order valence-electron chi connectivity index (χ2n) is 4.65. The van der Waals surface area contributed by atoms with E-state index in [9.17, 15) is 0 Å². The van der Waals surface area contributed by atoms with Crippen molar-refractivity contribution < 1.29 is 0 Å². The zero-order valence-electron chi connectivity index (χ0n) is 8.38. The van der Waals surface area contributed by atoms with E-state index in [1.807, 2.05) is 0 Å². The van der Waals surface area contributed by atoms with Gasteiger partial charge in [-0.15, -0.1) is 0 Å². The van der Waals surface area contributed by atoms with Crippen molar-refractivity contribution in [3.63, 3.8) is 0 Å². The van der Waals surface area contributed by atoms with Crippen molar-refractivity contribution in [2.75, 3.05) is 0 Å². The number of hydrogen-bond acceptors (Lipinski definition) is 0. The Labute approximate surface area is 80.3 Å². The molecule has 0 N–H and O–H groups in total. The molecule has 1 aliphatic carbocycles. The van der Waals surface area contributed by atoms with Crippen LogP contribution in [0.4, 0.5) is 0 Å². The van der Waals surface area contributed by atoms with E-state index in [2.05, 4.69) is 50.3 Å². The number of hydrogen-bond donors (Lipinski definition) is 0. The van der Waals surface area contributed by atoms with Gasteiger partial charge in [-0.25, -0.2) is 0 Å². The molecule has 0 atom stereocenters. The van der Waals surface area contributed by atoms with Crippen LogP contribution in [0.5, 0.6) is 0 Å². The van der Waals surface area contributed by atoms with Gasteiger partial charge >= 0.3 is 0 Å². The largest absolute Gasteiger partial charge is 0.0834 e. The van der Waals surface area contributed by atoms with Crippen molar-refractivity contribution in [1.82, 2.24) is 0 Å². The number of benzene rings is 1. The Morgan fingerprint density at radius 2 is 1.92 bits per heavy atom. The summed E-state index contributed by atoms with van der Waals surface area (Å²) in [7, 11) is 0. The smallest absolute Gasteiger partial charge is 0.0218 e. The van der Waals surface area contributed by atoms with Gasteiger partial charge in [0.25, 0.3) is 0 Å². The van der Waals surface area contributed by atoms with Crippen LogP contribution in [0.15, 0.2) is 30.3 Å². The van der Waals surface area contributed by atoms with Gasteiger partial charge in [-0.3, -0.25) is 0 Å². The predicted molar refractivity (Wildman–Crippen MR) is 57.6 cm³/mol. The van der Waals surface area contributed by atoms with E-state index in [4.69, 9.17) is 0 Å². The van der Waals surface area contributed by atoms with Gasteiger partial charge in [0.15, 0.2) is 0 Å². The molecule has 0 amide bonds. The van der Waals surface area contributed by atoms with Gasteiger partial charge in [0.1, 0.15) is 0 Å². The Balaban J connectivity index is 2.43. The van der Waals surface area contributed by atoms with Crippen LogP contribution in [0.1, 0.15) is 31.4 Å². The minimum Gasteiger partial charge on any atom is -0.0834 e. The van der Waals surface area contributed by atoms with Gasteiger partial charge in [-0.2, -0.15) is 0 Å². The highest BCUT2D eigenvalue weighted by Crippen LogP contribution is 2.31. The van der Waals surface area contributed by atoms with Gasteiger partial charge < -0.3 is 0 Å². The number of allylic oxidation sites excluding steroid dienone is 1. The first-order valence-corrected chi connectivity index (χ1v) is 4.92. The zero-order valence-corrected chi connectivity index (χ0v) is 8.38. The van der Waals surface area contributed by atoms with Crippen molar-refractivity contribution in [2.45, 2.75) is 26.7 Å². The minimum atomic E-state index is 0.420. The molecular formula is C13H16. The molecule has 0 saturated carbocycles. The first kappa shape index (κ1) is 8.55. The van der Waals surface area contributed by atoms with E-state index < -0.39 is 0 Å². The zero-order chi connectivity index (χ0) is 9.31. The molecule has 0 bridgehead atoms. The SMILES string of the molecule is CC1(C)CC=Cc2ccccc2C1. The lowest BCUT2D eigenvalue weighted by Gasteiger charge is -2.21. The molecule has 0 radical (unpaired) electrons. The molecule has 1 aromatic carbocycles.